The molecule has 0 amide bonds. The molecule has 2 aromatic carbocycles. The number of rotatable bonds is 6. The average Bonchev–Trinajstić information content (AvgIpc) is 2.54. The van der Waals surface area contributed by atoms with Crippen molar-refractivity contribution in [3.05, 3.63) is 60.7 Å². The Kier molecular flexibility index (Phi) is 5.24. The molecule has 0 bridgehead atoms. The number of hydrogen-bond acceptors (Lipinski definition) is 3. The average molecular weight is 398 g/mol. The van der Waals surface area contributed by atoms with E-state index in [2.05, 4.69) is 0 Å². The van der Waals surface area contributed by atoms with Crippen LogP contribution in [0.3, 0.4) is 0 Å². The number of halogens is 6. The highest BCUT2D eigenvalue weighted by Gasteiger charge is 2.73. The summed E-state index contributed by atoms with van der Waals surface area (Å²) in [6.07, 6.45) is -6.15. The molecule has 0 spiro atoms. The van der Waals surface area contributed by atoms with Gasteiger partial charge in [0, 0.05) is 5.69 Å². The smallest absolute Gasteiger partial charge is 0.340 e. The maximum Gasteiger partial charge on any atom is 0.449 e. The molecule has 0 aliphatic carbocycles. The minimum absolute atomic E-state index is 0.498. The van der Waals surface area contributed by atoms with Crippen molar-refractivity contribution in [3.63, 3.8) is 0 Å². The second kappa shape index (κ2) is 6.80. The summed E-state index contributed by atoms with van der Waals surface area (Å²) in [5.41, 5.74) is -0.620. The molecule has 2 rings (SSSR count). The van der Waals surface area contributed by atoms with Gasteiger partial charge in [-0.1, -0.05) is 36.4 Å². The molecule has 0 aliphatic heterocycles. The van der Waals surface area contributed by atoms with Crippen LogP contribution in [-0.2, 0) is 10.0 Å². The van der Waals surface area contributed by atoms with Crippen molar-refractivity contribution in [3.8, 4) is 0 Å². The van der Waals surface area contributed by atoms with Gasteiger partial charge in [0.2, 0.25) is 10.0 Å². The van der Waals surface area contributed by atoms with Gasteiger partial charge in [-0.05, 0) is 24.3 Å². The van der Waals surface area contributed by atoms with E-state index in [1.807, 2.05) is 0 Å². The van der Waals surface area contributed by atoms with Crippen molar-refractivity contribution in [2.45, 2.75) is 22.9 Å². The predicted octanol–water partition coefficient (Wildman–Crippen LogP) is 3.90. The number of sulfonamides is 1. The van der Waals surface area contributed by atoms with Crippen LogP contribution < -0.4 is 10.0 Å². The molecular weight excluding hydrogens is 386 g/mol. The Balaban J connectivity index is 2.43. The van der Waals surface area contributed by atoms with E-state index in [1.165, 1.54) is 36.4 Å². The minimum atomic E-state index is -6.15. The second-order valence-electron chi connectivity index (χ2n) is 5.14. The molecule has 0 aliphatic rings. The predicted molar refractivity (Wildman–Crippen MR) is 81.7 cm³/mol. The van der Waals surface area contributed by atoms with Gasteiger partial charge < -0.3 is 5.32 Å². The fraction of sp³-hybridized carbons (Fsp3) is 0.200. The summed E-state index contributed by atoms with van der Waals surface area (Å²) in [5.74, 6) is -5.40. The zero-order valence-electron chi connectivity index (χ0n) is 12.8. The van der Waals surface area contributed by atoms with Crippen LogP contribution >= 0.6 is 0 Å². The normalized spacial score (nSPS) is 15.3. The Hall–Kier alpha value is -2.27. The molecule has 0 radical (unpaired) electrons. The van der Waals surface area contributed by atoms with Crippen molar-refractivity contribution in [1.29, 1.82) is 0 Å². The number of nitrogens with one attached hydrogen (secondary N) is 2. The zero-order chi connectivity index (χ0) is 19.6. The molecule has 2 aromatic rings. The van der Waals surface area contributed by atoms with Crippen molar-refractivity contribution in [2.24, 2.45) is 0 Å². The van der Waals surface area contributed by atoms with Crippen LogP contribution in [0.2, 0.25) is 0 Å². The quantitative estimate of drug-likeness (QED) is 0.573. The third-order valence-corrected chi connectivity index (χ3v) is 4.65. The van der Waals surface area contributed by atoms with Crippen molar-refractivity contribution in [1.82, 2.24) is 4.72 Å². The molecule has 1 unspecified atom stereocenters. The lowest BCUT2D eigenvalue weighted by atomic mass is 10.1. The monoisotopic (exact) mass is 398 g/mol. The third-order valence-electron chi connectivity index (χ3n) is 3.23. The summed E-state index contributed by atoms with van der Waals surface area (Å²) < 4.78 is 107. The summed E-state index contributed by atoms with van der Waals surface area (Å²) in [4.78, 5) is -0.746. The van der Waals surface area contributed by atoms with Gasteiger partial charge in [-0.3, -0.25) is 0 Å². The van der Waals surface area contributed by atoms with Crippen LogP contribution in [0.1, 0.15) is 0 Å². The lowest BCUT2D eigenvalue weighted by molar-refractivity contribution is -0.293. The van der Waals surface area contributed by atoms with E-state index in [1.54, 1.807) is 0 Å². The molecule has 0 aromatic heterocycles. The second-order valence-corrected chi connectivity index (χ2v) is 6.82. The first kappa shape index (κ1) is 20.0. The van der Waals surface area contributed by atoms with E-state index >= 15 is 0 Å². The van der Waals surface area contributed by atoms with Gasteiger partial charge in [0.25, 0.3) is 0 Å². The van der Waals surface area contributed by atoms with Gasteiger partial charge in [0.1, 0.15) is 0 Å². The van der Waals surface area contributed by atoms with Crippen LogP contribution in [0.5, 0.6) is 0 Å². The first-order chi connectivity index (χ1) is 11.9. The van der Waals surface area contributed by atoms with Gasteiger partial charge >= 0.3 is 18.0 Å². The van der Waals surface area contributed by atoms with Crippen molar-refractivity contribution >= 4 is 15.7 Å². The van der Waals surface area contributed by atoms with Crippen molar-refractivity contribution < 1.29 is 34.8 Å². The summed E-state index contributed by atoms with van der Waals surface area (Å²) in [7, 11) is -5.13. The molecule has 0 saturated carbocycles. The number of para-hydroxylation sites is 1. The van der Waals surface area contributed by atoms with Crippen molar-refractivity contribution in [2.75, 3.05) is 5.32 Å². The Morgan fingerprint density at radius 2 is 1.19 bits per heavy atom. The third kappa shape index (κ3) is 3.93. The Labute approximate surface area is 144 Å². The maximum atomic E-state index is 14.5. The fourth-order valence-corrected chi connectivity index (χ4v) is 3.06. The van der Waals surface area contributed by atoms with E-state index in [0.29, 0.717) is 4.72 Å². The summed E-state index contributed by atoms with van der Waals surface area (Å²) in [6, 6.07) is 5.46. The maximum absolute atomic E-state index is 14.5. The molecule has 26 heavy (non-hydrogen) atoms. The van der Waals surface area contributed by atoms with Crippen LogP contribution in [0.4, 0.5) is 32.0 Å². The number of alkyl halides is 6. The SMILES string of the molecule is O=S(=O)(NC(F)(F)C(F)(Nc1ccccc1)C(F)(F)F)c1ccccc1. The van der Waals surface area contributed by atoms with Crippen LogP contribution in [0.15, 0.2) is 65.6 Å². The highest BCUT2D eigenvalue weighted by atomic mass is 32.2. The molecular formula is C15H12F6N2O2S. The molecule has 1 atom stereocenters. The topological polar surface area (TPSA) is 58.2 Å². The van der Waals surface area contributed by atoms with Gasteiger partial charge in [-0.2, -0.15) is 22.0 Å². The lowest BCUT2D eigenvalue weighted by Crippen LogP contribution is -2.67. The lowest BCUT2D eigenvalue weighted by Gasteiger charge is -2.35. The molecule has 4 nitrogen and oxygen atoms in total. The first-order valence-corrected chi connectivity index (χ1v) is 8.43. The Morgan fingerprint density at radius 1 is 0.731 bits per heavy atom. The molecule has 142 valence electrons. The van der Waals surface area contributed by atoms with E-state index in [-0.39, 0.29) is 0 Å². The van der Waals surface area contributed by atoms with E-state index in [9.17, 15) is 34.8 Å². The first-order valence-electron chi connectivity index (χ1n) is 6.95. The standard InChI is InChI=1S/C15H12F6N2O2S/c16-13(14(17,18)19,22-11-7-3-1-4-8-11)15(20,21)23-26(24,25)12-9-5-2-6-10-12/h1-10,22-23H. The van der Waals surface area contributed by atoms with Crippen LogP contribution in [0.25, 0.3) is 0 Å². The minimum Gasteiger partial charge on any atom is -0.340 e. The highest BCUT2D eigenvalue weighted by molar-refractivity contribution is 7.89. The number of benzene rings is 2. The summed E-state index contributed by atoms with van der Waals surface area (Å²) in [5, 5.41) is 1.04. The molecule has 2 N–H and O–H groups in total. The largest absolute Gasteiger partial charge is 0.449 e. The van der Waals surface area contributed by atoms with E-state index in [4.69, 9.17) is 0 Å². The molecule has 11 heteroatoms. The van der Waals surface area contributed by atoms with Gasteiger partial charge in [0.15, 0.2) is 0 Å². The Bertz CT molecular complexity index is 843. The van der Waals surface area contributed by atoms with Gasteiger partial charge in [-0.25, -0.2) is 12.8 Å². The van der Waals surface area contributed by atoms with Crippen LogP contribution in [0, 0.1) is 0 Å². The molecule has 0 saturated heterocycles. The molecule has 0 heterocycles. The fourth-order valence-electron chi connectivity index (χ4n) is 1.95. The number of hydrogen-bond donors (Lipinski definition) is 2. The zero-order valence-corrected chi connectivity index (χ0v) is 13.6. The van der Waals surface area contributed by atoms with Gasteiger partial charge in [0.05, 0.1) is 4.90 Å². The highest BCUT2D eigenvalue weighted by Crippen LogP contribution is 2.44. The molecule has 0 fully saturated rings. The van der Waals surface area contributed by atoms with Crippen LogP contribution in [-0.4, -0.2) is 26.4 Å². The Morgan fingerprint density at radius 3 is 1.65 bits per heavy atom. The van der Waals surface area contributed by atoms with Gasteiger partial charge in [-0.15, -0.1) is 4.72 Å². The van der Waals surface area contributed by atoms with E-state index < -0.39 is 38.6 Å². The summed E-state index contributed by atoms with van der Waals surface area (Å²) >= 11 is 0. The summed E-state index contributed by atoms with van der Waals surface area (Å²) in [6.45, 7) is 0. The number of anilines is 1. The van der Waals surface area contributed by atoms with E-state index in [0.717, 1.165) is 29.6 Å².